The molecule has 1 heterocycles. The van der Waals surface area contributed by atoms with Crippen LogP contribution in [-0.2, 0) is 26.0 Å². The fourth-order valence-corrected chi connectivity index (χ4v) is 4.31. The quantitative estimate of drug-likeness (QED) is 0.555. The summed E-state index contributed by atoms with van der Waals surface area (Å²) in [4.78, 5) is 24.5. The van der Waals surface area contributed by atoms with Crippen molar-refractivity contribution < 1.29 is 22.7 Å². The van der Waals surface area contributed by atoms with Crippen molar-refractivity contribution in [1.29, 1.82) is 0 Å². The van der Waals surface area contributed by atoms with Crippen molar-refractivity contribution in [3.05, 3.63) is 57.6 Å². The van der Waals surface area contributed by atoms with Crippen LogP contribution >= 0.6 is 23.2 Å². The molecule has 0 saturated carbocycles. The highest BCUT2D eigenvalue weighted by molar-refractivity contribution is 7.89. The molecule has 1 fully saturated rings. The number of carbonyl (C=O) groups excluding carboxylic acids is 2. The van der Waals surface area contributed by atoms with Gasteiger partial charge < -0.3 is 15.4 Å². The zero-order chi connectivity index (χ0) is 22.6. The van der Waals surface area contributed by atoms with Gasteiger partial charge in [0.1, 0.15) is 0 Å². The lowest BCUT2D eigenvalue weighted by atomic mass is 10.1. The van der Waals surface area contributed by atoms with Gasteiger partial charge in [-0.25, -0.2) is 13.6 Å². The third kappa shape index (κ3) is 6.18. The maximum Gasteiger partial charge on any atom is 0.252 e. The van der Waals surface area contributed by atoms with Crippen LogP contribution in [0.3, 0.4) is 0 Å². The van der Waals surface area contributed by atoms with Gasteiger partial charge in [0.2, 0.25) is 15.9 Å². The van der Waals surface area contributed by atoms with E-state index in [-0.39, 0.29) is 33.5 Å². The standard InChI is InChI=1S/C20H21Cl2N3O5S/c21-16-3-1-2-13(19(16)22)8-18(26)25-14-4-5-15(17(9-14)31(23,28)29)20(27)24-10-12-6-7-30-11-12/h1-5,9,12H,6-8,10-11H2,(H,24,27)(H,25,26)(H2,23,28,29). The van der Waals surface area contributed by atoms with Crippen molar-refractivity contribution in [1.82, 2.24) is 5.32 Å². The second-order valence-corrected chi connectivity index (χ2v) is 9.45. The Bertz CT molecular complexity index is 1100. The van der Waals surface area contributed by atoms with E-state index in [0.29, 0.717) is 30.3 Å². The van der Waals surface area contributed by atoms with Gasteiger partial charge in [-0.15, -0.1) is 0 Å². The van der Waals surface area contributed by atoms with Crippen molar-refractivity contribution in [2.24, 2.45) is 11.1 Å². The molecule has 2 amide bonds. The Balaban J connectivity index is 1.75. The SMILES string of the molecule is NS(=O)(=O)c1cc(NC(=O)Cc2cccc(Cl)c2Cl)ccc1C(=O)NCC1CCOC1. The van der Waals surface area contributed by atoms with E-state index in [0.717, 1.165) is 12.5 Å². The van der Waals surface area contributed by atoms with Crippen molar-refractivity contribution in [3.8, 4) is 0 Å². The molecule has 0 bridgehead atoms. The molecule has 1 aliphatic heterocycles. The van der Waals surface area contributed by atoms with E-state index >= 15 is 0 Å². The fourth-order valence-electron chi connectivity index (χ4n) is 3.16. The molecule has 4 N–H and O–H groups in total. The van der Waals surface area contributed by atoms with Crippen LogP contribution in [0.15, 0.2) is 41.3 Å². The third-order valence-electron chi connectivity index (χ3n) is 4.77. The zero-order valence-electron chi connectivity index (χ0n) is 16.4. The smallest absolute Gasteiger partial charge is 0.252 e. The summed E-state index contributed by atoms with van der Waals surface area (Å²) in [6.45, 7) is 1.55. The molecule has 1 aliphatic rings. The summed E-state index contributed by atoms with van der Waals surface area (Å²) in [5, 5.41) is 11.2. The molecule has 11 heteroatoms. The van der Waals surface area contributed by atoms with E-state index in [2.05, 4.69) is 10.6 Å². The van der Waals surface area contributed by atoms with Gasteiger partial charge in [0.15, 0.2) is 0 Å². The predicted octanol–water partition coefficient (Wildman–Crippen LogP) is 2.59. The van der Waals surface area contributed by atoms with E-state index < -0.39 is 21.8 Å². The van der Waals surface area contributed by atoms with Gasteiger partial charge in [-0.3, -0.25) is 9.59 Å². The molecule has 0 aliphatic carbocycles. The number of sulfonamides is 1. The van der Waals surface area contributed by atoms with Crippen molar-refractivity contribution in [2.45, 2.75) is 17.7 Å². The monoisotopic (exact) mass is 485 g/mol. The second-order valence-electron chi connectivity index (χ2n) is 7.13. The highest BCUT2D eigenvalue weighted by atomic mass is 35.5. The first-order valence-electron chi connectivity index (χ1n) is 9.40. The summed E-state index contributed by atoms with van der Waals surface area (Å²) in [6, 6.07) is 8.82. The van der Waals surface area contributed by atoms with Crippen LogP contribution in [0.2, 0.25) is 10.0 Å². The van der Waals surface area contributed by atoms with E-state index in [1.54, 1.807) is 18.2 Å². The molecule has 1 saturated heterocycles. The van der Waals surface area contributed by atoms with Crippen LogP contribution < -0.4 is 15.8 Å². The lowest BCUT2D eigenvalue weighted by molar-refractivity contribution is -0.115. The Morgan fingerprint density at radius 3 is 2.65 bits per heavy atom. The number of nitrogens with two attached hydrogens (primary N) is 1. The number of carbonyl (C=O) groups is 2. The molecule has 0 spiro atoms. The van der Waals surface area contributed by atoms with Crippen molar-refractivity contribution in [3.63, 3.8) is 0 Å². The van der Waals surface area contributed by atoms with Crippen LogP contribution in [0.5, 0.6) is 0 Å². The molecular weight excluding hydrogens is 465 g/mol. The average Bonchev–Trinajstić information content (AvgIpc) is 3.22. The summed E-state index contributed by atoms with van der Waals surface area (Å²) in [5.41, 5.74) is 0.593. The van der Waals surface area contributed by atoms with Gasteiger partial charge in [-0.05, 0) is 36.2 Å². The van der Waals surface area contributed by atoms with E-state index in [4.69, 9.17) is 33.1 Å². The maximum atomic E-state index is 12.5. The van der Waals surface area contributed by atoms with E-state index in [9.17, 15) is 18.0 Å². The van der Waals surface area contributed by atoms with Gasteiger partial charge in [-0.1, -0.05) is 35.3 Å². The van der Waals surface area contributed by atoms with Crippen LogP contribution in [0.25, 0.3) is 0 Å². The van der Waals surface area contributed by atoms with E-state index in [1.807, 2.05) is 0 Å². The van der Waals surface area contributed by atoms with Crippen molar-refractivity contribution in [2.75, 3.05) is 25.1 Å². The minimum atomic E-state index is -4.22. The van der Waals surface area contributed by atoms with Crippen LogP contribution in [0, 0.1) is 5.92 Å². The summed E-state index contributed by atoms with van der Waals surface area (Å²) in [7, 11) is -4.22. The van der Waals surface area contributed by atoms with Gasteiger partial charge >= 0.3 is 0 Å². The largest absolute Gasteiger partial charge is 0.381 e. The number of hydrogen-bond donors (Lipinski definition) is 3. The highest BCUT2D eigenvalue weighted by Crippen LogP contribution is 2.26. The van der Waals surface area contributed by atoms with Crippen LogP contribution in [0.1, 0.15) is 22.3 Å². The molecule has 2 aromatic carbocycles. The number of amides is 2. The van der Waals surface area contributed by atoms with E-state index in [1.165, 1.54) is 12.1 Å². The fraction of sp³-hybridized carbons (Fsp3) is 0.300. The number of hydrogen-bond acceptors (Lipinski definition) is 5. The molecule has 166 valence electrons. The number of rotatable bonds is 7. The highest BCUT2D eigenvalue weighted by Gasteiger charge is 2.22. The Hall–Kier alpha value is -2.17. The first-order valence-corrected chi connectivity index (χ1v) is 11.7. The molecule has 2 aromatic rings. The Morgan fingerprint density at radius 1 is 1.19 bits per heavy atom. The number of anilines is 1. The molecule has 0 radical (unpaired) electrons. The maximum absolute atomic E-state index is 12.5. The number of halogens is 2. The lowest BCUT2D eigenvalue weighted by Gasteiger charge is -2.13. The van der Waals surface area contributed by atoms with Crippen LogP contribution in [0.4, 0.5) is 5.69 Å². The van der Waals surface area contributed by atoms with Gasteiger partial charge in [0, 0.05) is 24.8 Å². The molecule has 0 aromatic heterocycles. The molecule has 1 atom stereocenters. The Labute approximate surface area is 190 Å². The predicted molar refractivity (Wildman–Crippen MR) is 118 cm³/mol. The number of ether oxygens (including phenoxy) is 1. The summed E-state index contributed by atoms with van der Waals surface area (Å²) >= 11 is 12.1. The topological polar surface area (TPSA) is 128 Å². The molecule has 31 heavy (non-hydrogen) atoms. The minimum absolute atomic E-state index is 0.0736. The normalized spacial score (nSPS) is 16.2. The molecular formula is C20H21Cl2N3O5S. The average molecular weight is 486 g/mol. The van der Waals surface area contributed by atoms with Crippen molar-refractivity contribution >= 4 is 50.7 Å². The lowest BCUT2D eigenvalue weighted by Crippen LogP contribution is -2.31. The molecule has 1 unspecified atom stereocenters. The summed E-state index contributed by atoms with van der Waals surface area (Å²) in [5.74, 6) is -0.832. The molecule has 8 nitrogen and oxygen atoms in total. The number of benzene rings is 2. The molecule has 3 rings (SSSR count). The summed E-state index contributed by atoms with van der Waals surface area (Å²) < 4.78 is 29.4. The summed E-state index contributed by atoms with van der Waals surface area (Å²) in [6.07, 6.45) is 0.750. The first kappa shape index (κ1) is 23.5. The van der Waals surface area contributed by atoms with Gasteiger partial charge in [-0.2, -0.15) is 0 Å². The first-order chi connectivity index (χ1) is 14.6. The van der Waals surface area contributed by atoms with Gasteiger partial charge in [0.05, 0.1) is 33.5 Å². The van der Waals surface area contributed by atoms with Crippen LogP contribution in [-0.4, -0.2) is 40.0 Å². The third-order valence-corrected chi connectivity index (χ3v) is 6.58. The minimum Gasteiger partial charge on any atom is -0.381 e. The number of nitrogens with one attached hydrogen (secondary N) is 2. The second kappa shape index (κ2) is 9.97. The zero-order valence-corrected chi connectivity index (χ0v) is 18.7. The number of primary sulfonamides is 1. The Kier molecular flexibility index (Phi) is 7.55. The Morgan fingerprint density at radius 2 is 1.97 bits per heavy atom. The van der Waals surface area contributed by atoms with Gasteiger partial charge in [0.25, 0.3) is 5.91 Å².